The number of fused-ring (bicyclic) bond motifs is 1. The summed E-state index contributed by atoms with van der Waals surface area (Å²) >= 11 is 0. The predicted molar refractivity (Wildman–Crippen MR) is 91.8 cm³/mol. The van der Waals surface area contributed by atoms with E-state index in [0.717, 1.165) is 18.3 Å². The molecule has 2 aliphatic heterocycles. The lowest BCUT2D eigenvalue weighted by molar-refractivity contribution is 0.0540. The van der Waals surface area contributed by atoms with Crippen LogP contribution in [0.1, 0.15) is 25.3 Å². The molecule has 0 N–H and O–H groups in total. The molecule has 2 heterocycles. The van der Waals surface area contributed by atoms with Crippen LogP contribution >= 0.6 is 0 Å². The number of terminal acetylenes is 1. The van der Waals surface area contributed by atoms with E-state index in [0.29, 0.717) is 11.8 Å². The minimum Gasteiger partial charge on any atom is -0.493 e. The van der Waals surface area contributed by atoms with Gasteiger partial charge in [0.2, 0.25) is 0 Å². The maximum absolute atomic E-state index is 5.52. The molecule has 0 bridgehead atoms. The Labute approximate surface area is 139 Å². The number of piperazine rings is 1. The predicted octanol–water partition coefficient (Wildman–Crippen LogP) is 2.38. The van der Waals surface area contributed by atoms with Crippen LogP contribution in [0.5, 0.6) is 11.5 Å². The molecule has 1 aromatic rings. The highest BCUT2D eigenvalue weighted by molar-refractivity contribution is 5.43. The second-order valence-corrected chi connectivity index (χ2v) is 6.55. The zero-order valence-corrected chi connectivity index (χ0v) is 14.1. The molecule has 2 aliphatic rings. The number of methoxy groups -OCH3 is 1. The highest BCUT2D eigenvalue weighted by Crippen LogP contribution is 2.30. The molecule has 0 spiro atoms. The molecule has 0 unspecified atom stereocenters. The van der Waals surface area contributed by atoms with Crippen molar-refractivity contribution in [1.82, 2.24) is 9.80 Å². The molecule has 0 saturated carbocycles. The minimum absolute atomic E-state index is 0.260. The molecule has 1 aromatic carbocycles. The SMILES string of the molecule is C#CCOc1ccc(CN2C[C@@H]3CCCN3C[C@@H]2C)cc1OC. The van der Waals surface area contributed by atoms with E-state index in [2.05, 4.69) is 34.8 Å². The summed E-state index contributed by atoms with van der Waals surface area (Å²) in [7, 11) is 1.67. The van der Waals surface area contributed by atoms with Gasteiger partial charge in [-0.25, -0.2) is 0 Å². The fraction of sp³-hybridized carbons (Fsp3) is 0.579. The monoisotopic (exact) mass is 314 g/mol. The van der Waals surface area contributed by atoms with Crippen molar-refractivity contribution in [3.63, 3.8) is 0 Å². The highest BCUT2D eigenvalue weighted by atomic mass is 16.5. The molecule has 3 rings (SSSR count). The molecular formula is C19H26N2O2. The fourth-order valence-electron chi connectivity index (χ4n) is 3.75. The summed E-state index contributed by atoms with van der Waals surface area (Å²) in [5, 5.41) is 0. The van der Waals surface area contributed by atoms with Crippen LogP contribution in [0.15, 0.2) is 18.2 Å². The van der Waals surface area contributed by atoms with Crippen LogP contribution in [0, 0.1) is 12.3 Å². The molecule has 4 nitrogen and oxygen atoms in total. The van der Waals surface area contributed by atoms with Gasteiger partial charge in [-0.05, 0) is 44.0 Å². The topological polar surface area (TPSA) is 24.9 Å². The summed E-state index contributed by atoms with van der Waals surface area (Å²) in [5.74, 6) is 3.95. The molecule has 0 radical (unpaired) electrons. The first-order valence-electron chi connectivity index (χ1n) is 8.42. The van der Waals surface area contributed by atoms with E-state index in [1.165, 1.54) is 38.0 Å². The standard InChI is InChI=1S/C19H26N2O2/c1-4-10-23-18-8-7-16(11-19(18)22-3)13-21-14-17-6-5-9-20(17)12-15(21)2/h1,7-8,11,15,17H,5-6,9-10,12-14H2,2-3H3/t15-,17-/m0/s1. The van der Waals surface area contributed by atoms with Crippen LogP contribution in [0.2, 0.25) is 0 Å². The lowest BCUT2D eigenvalue weighted by Gasteiger charge is -2.42. The van der Waals surface area contributed by atoms with E-state index in [-0.39, 0.29) is 6.61 Å². The zero-order valence-electron chi connectivity index (χ0n) is 14.1. The van der Waals surface area contributed by atoms with Crippen LogP contribution < -0.4 is 9.47 Å². The molecule has 0 aromatic heterocycles. The van der Waals surface area contributed by atoms with Crippen molar-refractivity contribution in [3.8, 4) is 23.8 Å². The Hall–Kier alpha value is -1.70. The van der Waals surface area contributed by atoms with Gasteiger partial charge in [0.1, 0.15) is 6.61 Å². The molecule has 0 aliphatic carbocycles. The first-order chi connectivity index (χ1) is 11.2. The third-order valence-electron chi connectivity index (χ3n) is 4.99. The Bertz CT molecular complexity index is 581. The molecule has 124 valence electrons. The van der Waals surface area contributed by atoms with Crippen LogP contribution in [0.3, 0.4) is 0 Å². The van der Waals surface area contributed by atoms with Gasteiger partial charge in [-0.3, -0.25) is 9.80 Å². The van der Waals surface area contributed by atoms with Gasteiger partial charge in [0.15, 0.2) is 11.5 Å². The Balaban J connectivity index is 1.68. The van der Waals surface area contributed by atoms with Gasteiger partial charge in [0.05, 0.1) is 7.11 Å². The Kier molecular flexibility index (Phi) is 5.09. The number of hydrogen-bond acceptors (Lipinski definition) is 4. The lowest BCUT2D eigenvalue weighted by atomic mass is 10.1. The quantitative estimate of drug-likeness (QED) is 0.779. The number of ether oxygens (including phenoxy) is 2. The van der Waals surface area contributed by atoms with E-state index in [1.807, 2.05) is 6.07 Å². The number of hydrogen-bond donors (Lipinski definition) is 0. The van der Waals surface area contributed by atoms with Crippen molar-refractivity contribution in [3.05, 3.63) is 23.8 Å². The Morgan fingerprint density at radius 1 is 1.30 bits per heavy atom. The van der Waals surface area contributed by atoms with Crippen molar-refractivity contribution >= 4 is 0 Å². The summed E-state index contributed by atoms with van der Waals surface area (Å²) in [5.41, 5.74) is 1.26. The molecule has 23 heavy (non-hydrogen) atoms. The second-order valence-electron chi connectivity index (χ2n) is 6.55. The smallest absolute Gasteiger partial charge is 0.162 e. The summed E-state index contributed by atoms with van der Waals surface area (Å²) in [6, 6.07) is 7.48. The van der Waals surface area contributed by atoms with Gasteiger partial charge < -0.3 is 9.47 Å². The molecule has 2 saturated heterocycles. The van der Waals surface area contributed by atoms with Crippen LogP contribution in [-0.4, -0.2) is 55.2 Å². The fourth-order valence-corrected chi connectivity index (χ4v) is 3.75. The van der Waals surface area contributed by atoms with E-state index in [4.69, 9.17) is 15.9 Å². The van der Waals surface area contributed by atoms with Gasteiger partial charge in [-0.15, -0.1) is 6.42 Å². The first-order valence-corrected chi connectivity index (χ1v) is 8.42. The van der Waals surface area contributed by atoms with E-state index < -0.39 is 0 Å². The van der Waals surface area contributed by atoms with Crippen LogP contribution in [0.4, 0.5) is 0 Å². The summed E-state index contributed by atoms with van der Waals surface area (Å²) < 4.78 is 11.0. The maximum Gasteiger partial charge on any atom is 0.162 e. The first kappa shape index (κ1) is 16.2. The van der Waals surface area contributed by atoms with Crippen molar-refractivity contribution in [2.45, 2.75) is 38.4 Å². The Morgan fingerprint density at radius 3 is 2.96 bits per heavy atom. The summed E-state index contributed by atoms with van der Waals surface area (Å²) in [6.07, 6.45) is 7.94. The van der Waals surface area contributed by atoms with Gasteiger partial charge in [0, 0.05) is 31.7 Å². The molecule has 4 heteroatoms. The lowest BCUT2D eigenvalue weighted by Crippen LogP contribution is -2.54. The number of rotatable bonds is 5. The maximum atomic E-state index is 5.52. The van der Waals surface area contributed by atoms with Crippen molar-refractivity contribution in [2.24, 2.45) is 0 Å². The third kappa shape index (κ3) is 3.63. The molecular weight excluding hydrogens is 288 g/mol. The van der Waals surface area contributed by atoms with Crippen molar-refractivity contribution in [1.29, 1.82) is 0 Å². The number of nitrogens with zero attached hydrogens (tertiary/aromatic N) is 2. The van der Waals surface area contributed by atoms with Gasteiger partial charge in [-0.1, -0.05) is 12.0 Å². The summed E-state index contributed by atoms with van der Waals surface area (Å²) in [6.45, 7) is 7.17. The highest BCUT2D eigenvalue weighted by Gasteiger charge is 2.34. The van der Waals surface area contributed by atoms with Gasteiger partial charge >= 0.3 is 0 Å². The second kappa shape index (κ2) is 7.25. The van der Waals surface area contributed by atoms with Gasteiger partial charge in [-0.2, -0.15) is 0 Å². The van der Waals surface area contributed by atoms with Crippen LogP contribution in [-0.2, 0) is 6.54 Å². The van der Waals surface area contributed by atoms with Crippen molar-refractivity contribution < 1.29 is 9.47 Å². The summed E-state index contributed by atoms with van der Waals surface area (Å²) in [4.78, 5) is 5.24. The zero-order chi connectivity index (χ0) is 16.2. The van der Waals surface area contributed by atoms with Crippen LogP contribution in [0.25, 0.3) is 0 Å². The minimum atomic E-state index is 0.260. The van der Waals surface area contributed by atoms with E-state index in [1.54, 1.807) is 7.11 Å². The van der Waals surface area contributed by atoms with E-state index in [9.17, 15) is 0 Å². The molecule has 0 amide bonds. The molecule has 2 atom stereocenters. The molecule has 2 fully saturated rings. The third-order valence-corrected chi connectivity index (χ3v) is 4.99. The van der Waals surface area contributed by atoms with Gasteiger partial charge in [0.25, 0.3) is 0 Å². The average molecular weight is 314 g/mol. The normalized spacial score (nSPS) is 24.9. The number of benzene rings is 1. The Morgan fingerprint density at radius 2 is 2.17 bits per heavy atom. The largest absolute Gasteiger partial charge is 0.493 e. The average Bonchev–Trinajstić information content (AvgIpc) is 3.00. The van der Waals surface area contributed by atoms with Crippen molar-refractivity contribution in [2.75, 3.05) is 33.4 Å². The van der Waals surface area contributed by atoms with E-state index >= 15 is 0 Å².